The van der Waals surface area contributed by atoms with E-state index in [2.05, 4.69) is 32.2 Å². The topological polar surface area (TPSA) is 79.8 Å². The van der Waals surface area contributed by atoms with Crippen LogP contribution in [-0.2, 0) is 0 Å². The van der Waals surface area contributed by atoms with E-state index in [1.54, 1.807) is 38.5 Å². The second kappa shape index (κ2) is 8.68. The van der Waals surface area contributed by atoms with E-state index in [1.807, 2.05) is 6.07 Å². The SMILES string of the molecule is CCN1CCN(c2ccc(NC(=O)c3cc(OC)cc(OC)c3)nn2)CC1. The van der Waals surface area contributed by atoms with Gasteiger partial charge in [-0.05, 0) is 30.8 Å². The molecule has 8 nitrogen and oxygen atoms in total. The van der Waals surface area contributed by atoms with Crippen LogP contribution in [0.3, 0.4) is 0 Å². The number of anilines is 2. The van der Waals surface area contributed by atoms with Crippen LogP contribution in [0, 0.1) is 0 Å². The number of likely N-dealkylation sites (N-methyl/N-ethyl adjacent to an activating group) is 1. The lowest BCUT2D eigenvalue weighted by Gasteiger charge is -2.34. The molecule has 1 saturated heterocycles. The number of benzene rings is 1. The number of hydrogen-bond donors (Lipinski definition) is 1. The van der Waals surface area contributed by atoms with Crippen molar-refractivity contribution in [2.45, 2.75) is 6.92 Å². The zero-order valence-electron chi connectivity index (χ0n) is 15.9. The minimum Gasteiger partial charge on any atom is -0.497 e. The van der Waals surface area contributed by atoms with E-state index in [4.69, 9.17) is 9.47 Å². The Morgan fingerprint density at radius 1 is 1.04 bits per heavy atom. The molecule has 1 fully saturated rings. The van der Waals surface area contributed by atoms with Crippen LogP contribution in [0.4, 0.5) is 11.6 Å². The Morgan fingerprint density at radius 2 is 1.70 bits per heavy atom. The molecule has 2 heterocycles. The summed E-state index contributed by atoms with van der Waals surface area (Å²) in [5.74, 6) is 2.02. The first-order chi connectivity index (χ1) is 13.1. The maximum Gasteiger partial charge on any atom is 0.257 e. The molecule has 27 heavy (non-hydrogen) atoms. The lowest BCUT2D eigenvalue weighted by atomic mass is 10.2. The molecule has 1 aliphatic rings. The molecule has 1 N–H and O–H groups in total. The van der Waals surface area contributed by atoms with Crippen LogP contribution < -0.4 is 19.7 Å². The molecule has 1 amide bonds. The lowest BCUT2D eigenvalue weighted by Crippen LogP contribution is -2.46. The maximum absolute atomic E-state index is 12.5. The molecule has 0 aliphatic carbocycles. The smallest absolute Gasteiger partial charge is 0.257 e. The molecule has 3 rings (SSSR count). The van der Waals surface area contributed by atoms with Gasteiger partial charge in [0.1, 0.15) is 11.5 Å². The number of carbonyl (C=O) groups excluding carboxylic acids is 1. The number of carbonyl (C=O) groups is 1. The Balaban J connectivity index is 1.65. The molecule has 144 valence electrons. The zero-order chi connectivity index (χ0) is 19.2. The van der Waals surface area contributed by atoms with Crippen molar-refractivity contribution in [1.82, 2.24) is 15.1 Å². The van der Waals surface area contributed by atoms with Crippen molar-refractivity contribution in [2.75, 3.05) is 57.2 Å². The Hall–Kier alpha value is -2.87. The number of nitrogens with one attached hydrogen (secondary N) is 1. The number of ether oxygens (including phenoxy) is 2. The van der Waals surface area contributed by atoms with Crippen LogP contribution in [0.25, 0.3) is 0 Å². The predicted molar refractivity (Wildman–Crippen MR) is 104 cm³/mol. The third-order valence-corrected chi connectivity index (χ3v) is 4.65. The Kier molecular flexibility index (Phi) is 6.08. The van der Waals surface area contributed by atoms with Crippen LogP contribution in [0.5, 0.6) is 11.5 Å². The molecule has 0 bridgehead atoms. The van der Waals surface area contributed by atoms with Crippen molar-refractivity contribution >= 4 is 17.5 Å². The van der Waals surface area contributed by atoms with Crippen molar-refractivity contribution in [3.05, 3.63) is 35.9 Å². The van der Waals surface area contributed by atoms with Gasteiger partial charge in [-0.3, -0.25) is 4.79 Å². The summed E-state index contributed by atoms with van der Waals surface area (Å²) in [5, 5.41) is 11.2. The summed E-state index contributed by atoms with van der Waals surface area (Å²) >= 11 is 0. The molecule has 0 spiro atoms. The van der Waals surface area contributed by atoms with Gasteiger partial charge < -0.3 is 24.6 Å². The fraction of sp³-hybridized carbons (Fsp3) is 0.421. The number of amides is 1. The maximum atomic E-state index is 12.5. The third kappa shape index (κ3) is 4.65. The van der Waals surface area contributed by atoms with Crippen LogP contribution in [0.1, 0.15) is 17.3 Å². The minimum absolute atomic E-state index is 0.300. The number of hydrogen-bond acceptors (Lipinski definition) is 7. The molecule has 0 saturated carbocycles. The highest BCUT2D eigenvalue weighted by Crippen LogP contribution is 2.23. The Labute approximate surface area is 159 Å². The average Bonchev–Trinajstić information content (AvgIpc) is 2.74. The van der Waals surface area contributed by atoms with Gasteiger partial charge in [0.2, 0.25) is 0 Å². The van der Waals surface area contributed by atoms with Crippen molar-refractivity contribution in [3.63, 3.8) is 0 Å². The van der Waals surface area contributed by atoms with E-state index in [0.717, 1.165) is 38.5 Å². The number of piperazine rings is 1. The average molecular weight is 371 g/mol. The molecule has 1 aliphatic heterocycles. The second-order valence-electron chi connectivity index (χ2n) is 6.25. The number of nitrogens with zero attached hydrogens (tertiary/aromatic N) is 4. The van der Waals surface area contributed by atoms with Gasteiger partial charge in [-0.25, -0.2) is 0 Å². The van der Waals surface area contributed by atoms with Gasteiger partial charge in [-0.15, -0.1) is 10.2 Å². The van der Waals surface area contributed by atoms with E-state index in [9.17, 15) is 4.79 Å². The van der Waals surface area contributed by atoms with Crippen LogP contribution in [0.15, 0.2) is 30.3 Å². The van der Waals surface area contributed by atoms with Gasteiger partial charge in [0.25, 0.3) is 5.91 Å². The van der Waals surface area contributed by atoms with Crippen molar-refractivity contribution < 1.29 is 14.3 Å². The highest BCUT2D eigenvalue weighted by molar-refractivity contribution is 6.04. The molecule has 1 aromatic carbocycles. The van der Waals surface area contributed by atoms with E-state index >= 15 is 0 Å². The van der Waals surface area contributed by atoms with Crippen molar-refractivity contribution in [2.24, 2.45) is 0 Å². The normalized spacial score (nSPS) is 14.7. The summed E-state index contributed by atoms with van der Waals surface area (Å²) in [5.41, 5.74) is 0.424. The first-order valence-corrected chi connectivity index (χ1v) is 8.98. The fourth-order valence-corrected chi connectivity index (χ4v) is 2.98. The van der Waals surface area contributed by atoms with Gasteiger partial charge >= 0.3 is 0 Å². The first kappa shape index (κ1) is 18.9. The van der Waals surface area contributed by atoms with Crippen LogP contribution >= 0.6 is 0 Å². The standard InChI is InChI=1S/C19H25N5O3/c1-4-23-7-9-24(10-8-23)18-6-5-17(21-22-18)20-19(25)14-11-15(26-2)13-16(12-14)27-3/h5-6,11-13H,4,7-10H2,1-3H3,(H,20,21,25). The van der Waals surface area contributed by atoms with Crippen LogP contribution in [0.2, 0.25) is 0 Å². The van der Waals surface area contributed by atoms with Gasteiger partial charge in [-0.1, -0.05) is 6.92 Å². The highest BCUT2D eigenvalue weighted by atomic mass is 16.5. The summed E-state index contributed by atoms with van der Waals surface area (Å²) in [6.45, 7) is 7.14. The summed E-state index contributed by atoms with van der Waals surface area (Å²) in [6.07, 6.45) is 0. The molecule has 2 aromatic rings. The molecular weight excluding hydrogens is 346 g/mol. The lowest BCUT2D eigenvalue weighted by molar-refractivity contribution is 0.102. The zero-order valence-corrected chi connectivity index (χ0v) is 15.9. The molecule has 8 heteroatoms. The van der Waals surface area contributed by atoms with Crippen molar-refractivity contribution in [3.8, 4) is 11.5 Å². The number of aromatic nitrogens is 2. The van der Waals surface area contributed by atoms with Gasteiger partial charge in [0, 0.05) is 37.8 Å². The summed E-state index contributed by atoms with van der Waals surface area (Å²) in [7, 11) is 3.09. The Bertz CT molecular complexity index is 751. The number of rotatable bonds is 6. The van der Waals surface area contributed by atoms with Crippen molar-refractivity contribution in [1.29, 1.82) is 0 Å². The van der Waals surface area contributed by atoms with Gasteiger partial charge in [0.15, 0.2) is 11.6 Å². The minimum atomic E-state index is -0.300. The first-order valence-electron chi connectivity index (χ1n) is 8.98. The monoisotopic (exact) mass is 371 g/mol. The quantitative estimate of drug-likeness (QED) is 0.830. The van der Waals surface area contributed by atoms with E-state index in [0.29, 0.717) is 22.9 Å². The summed E-state index contributed by atoms with van der Waals surface area (Å²) in [6, 6.07) is 8.66. The molecule has 0 atom stereocenters. The second-order valence-corrected chi connectivity index (χ2v) is 6.25. The van der Waals surface area contributed by atoms with E-state index < -0.39 is 0 Å². The van der Waals surface area contributed by atoms with Gasteiger partial charge in [-0.2, -0.15) is 0 Å². The van der Waals surface area contributed by atoms with Crippen LogP contribution in [-0.4, -0.2) is 67.9 Å². The summed E-state index contributed by atoms with van der Waals surface area (Å²) < 4.78 is 10.4. The molecule has 1 aromatic heterocycles. The molecule has 0 radical (unpaired) electrons. The number of methoxy groups -OCH3 is 2. The van der Waals surface area contributed by atoms with E-state index in [-0.39, 0.29) is 5.91 Å². The Morgan fingerprint density at radius 3 is 2.22 bits per heavy atom. The third-order valence-electron chi connectivity index (χ3n) is 4.65. The predicted octanol–water partition coefficient (Wildman–Crippen LogP) is 1.89. The highest BCUT2D eigenvalue weighted by Gasteiger charge is 2.17. The fourth-order valence-electron chi connectivity index (χ4n) is 2.98. The largest absolute Gasteiger partial charge is 0.497 e. The van der Waals surface area contributed by atoms with Gasteiger partial charge in [0.05, 0.1) is 14.2 Å². The molecule has 0 unspecified atom stereocenters. The summed E-state index contributed by atoms with van der Waals surface area (Å²) in [4.78, 5) is 17.1. The molecular formula is C19H25N5O3. The van der Waals surface area contributed by atoms with E-state index in [1.165, 1.54) is 0 Å².